The first-order chi connectivity index (χ1) is 13.3. The van der Waals surface area contributed by atoms with Crippen molar-refractivity contribution in [3.8, 4) is 11.4 Å². The maximum atomic E-state index is 4.65. The zero-order chi connectivity index (χ0) is 20.1. The molecule has 0 saturated carbocycles. The molecule has 146 valence electrons. The number of benzene rings is 1. The normalized spacial score (nSPS) is 12.5. The minimum atomic E-state index is 0.132. The predicted octanol–water partition coefficient (Wildman–Crippen LogP) is 5.79. The Kier molecular flexibility index (Phi) is 5.93. The Morgan fingerprint density at radius 3 is 2.32 bits per heavy atom. The maximum Gasteiger partial charge on any atom is 0.225 e. The molecular formula is C23H29N5. The van der Waals surface area contributed by atoms with Gasteiger partial charge < -0.3 is 10.6 Å². The first-order valence-corrected chi connectivity index (χ1v) is 9.80. The van der Waals surface area contributed by atoms with Crippen molar-refractivity contribution in [2.24, 2.45) is 0 Å². The van der Waals surface area contributed by atoms with E-state index < -0.39 is 0 Å². The number of nitrogens with zero attached hydrogens (tertiary/aromatic N) is 3. The Morgan fingerprint density at radius 2 is 1.71 bits per heavy atom. The summed E-state index contributed by atoms with van der Waals surface area (Å²) in [6.07, 6.45) is 2.77. The fraction of sp³-hybridized carbons (Fsp3) is 0.348. The third-order valence-electron chi connectivity index (χ3n) is 4.66. The topological polar surface area (TPSA) is 62.7 Å². The van der Waals surface area contributed by atoms with Crippen molar-refractivity contribution in [1.29, 1.82) is 0 Å². The van der Waals surface area contributed by atoms with Crippen LogP contribution in [0.2, 0.25) is 0 Å². The van der Waals surface area contributed by atoms with E-state index in [9.17, 15) is 0 Å². The van der Waals surface area contributed by atoms with Crippen LogP contribution in [0.15, 0.2) is 54.7 Å². The molecule has 3 rings (SSSR count). The first kappa shape index (κ1) is 19.8. The predicted molar refractivity (Wildman–Crippen MR) is 117 cm³/mol. The van der Waals surface area contributed by atoms with E-state index in [-0.39, 0.29) is 11.5 Å². The van der Waals surface area contributed by atoms with Crippen molar-refractivity contribution in [2.45, 2.75) is 52.5 Å². The van der Waals surface area contributed by atoms with Gasteiger partial charge in [-0.15, -0.1) is 0 Å². The van der Waals surface area contributed by atoms with Crippen LogP contribution in [0, 0.1) is 0 Å². The second kappa shape index (κ2) is 8.38. The van der Waals surface area contributed by atoms with Crippen LogP contribution >= 0.6 is 0 Å². The highest BCUT2D eigenvalue weighted by atomic mass is 15.2. The summed E-state index contributed by atoms with van der Waals surface area (Å²) >= 11 is 0. The van der Waals surface area contributed by atoms with E-state index in [4.69, 9.17) is 0 Å². The van der Waals surface area contributed by atoms with Gasteiger partial charge in [0.25, 0.3) is 0 Å². The Bertz CT molecular complexity index is 899. The van der Waals surface area contributed by atoms with Crippen LogP contribution in [0.3, 0.4) is 0 Å². The highest BCUT2D eigenvalue weighted by molar-refractivity contribution is 5.65. The molecule has 28 heavy (non-hydrogen) atoms. The molecule has 0 saturated heterocycles. The third kappa shape index (κ3) is 5.06. The summed E-state index contributed by atoms with van der Waals surface area (Å²) in [5.74, 6) is 1.34. The van der Waals surface area contributed by atoms with Gasteiger partial charge in [-0.3, -0.25) is 4.98 Å². The van der Waals surface area contributed by atoms with Gasteiger partial charge in [-0.1, -0.05) is 45.9 Å². The Balaban J connectivity index is 1.91. The second-order valence-electron chi connectivity index (χ2n) is 8.08. The number of anilines is 3. The summed E-state index contributed by atoms with van der Waals surface area (Å²) < 4.78 is 0. The number of pyridine rings is 1. The highest BCUT2D eigenvalue weighted by Crippen LogP contribution is 2.26. The van der Waals surface area contributed by atoms with Crippen molar-refractivity contribution in [1.82, 2.24) is 15.0 Å². The van der Waals surface area contributed by atoms with Crippen LogP contribution < -0.4 is 10.6 Å². The molecule has 5 nitrogen and oxygen atoms in total. The standard InChI is InChI=1S/C23H29N5/c1-6-16(2)25-22-27-20(19-9-7-8-14-24-19)15-21(28-22)26-18-12-10-17(11-13-18)23(3,4)5/h7-16H,6H2,1-5H3,(H2,25,26,27,28)/t16-/m0/s1. The van der Waals surface area contributed by atoms with Crippen LogP contribution in [0.5, 0.6) is 0 Å². The lowest BCUT2D eigenvalue weighted by Crippen LogP contribution is -2.16. The fourth-order valence-corrected chi connectivity index (χ4v) is 2.75. The van der Waals surface area contributed by atoms with Crippen LogP contribution in [-0.2, 0) is 5.41 Å². The quantitative estimate of drug-likeness (QED) is 0.571. The average Bonchev–Trinajstić information content (AvgIpc) is 2.68. The first-order valence-electron chi connectivity index (χ1n) is 9.80. The summed E-state index contributed by atoms with van der Waals surface area (Å²) in [7, 11) is 0. The zero-order valence-electron chi connectivity index (χ0n) is 17.3. The highest BCUT2D eigenvalue weighted by Gasteiger charge is 2.13. The summed E-state index contributed by atoms with van der Waals surface area (Å²) in [6.45, 7) is 10.9. The molecule has 2 heterocycles. The zero-order valence-corrected chi connectivity index (χ0v) is 17.3. The fourth-order valence-electron chi connectivity index (χ4n) is 2.75. The largest absolute Gasteiger partial charge is 0.352 e. The summed E-state index contributed by atoms with van der Waals surface area (Å²) in [6, 6.07) is 16.5. The Hall–Kier alpha value is -2.95. The van der Waals surface area contributed by atoms with Gasteiger partial charge >= 0.3 is 0 Å². The molecule has 0 aliphatic heterocycles. The number of aromatic nitrogens is 3. The van der Waals surface area contributed by atoms with Crippen molar-refractivity contribution < 1.29 is 0 Å². The van der Waals surface area contributed by atoms with Crippen LogP contribution in [0.1, 0.15) is 46.6 Å². The van der Waals surface area contributed by atoms with Gasteiger partial charge in [-0.25, -0.2) is 4.98 Å². The SMILES string of the molecule is CC[C@H](C)Nc1nc(Nc2ccc(C(C)(C)C)cc2)cc(-c2ccccn2)n1. The molecule has 2 N–H and O–H groups in total. The van der Waals surface area contributed by atoms with E-state index in [1.165, 1.54) is 5.56 Å². The Morgan fingerprint density at radius 1 is 0.964 bits per heavy atom. The van der Waals surface area contributed by atoms with E-state index in [0.29, 0.717) is 5.95 Å². The summed E-state index contributed by atoms with van der Waals surface area (Å²) in [4.78, 5) is 13.7. The average molecular weight is 376 g/mol. The van der Waals surface area contributed by atoms with E-state index in [1.807, 2.05) is 24.3 Å². The molecule has 1 atom stereocenters. The molecule has 0 aliphatic rings. The van der Waals surface area contributed by atoms with Crippen LogP contribution in [-0.4, -0.2) is 21.0 Å². The lowest BCUT2D eigenvalue weighted by atomic mass is 9.87. The van der Waals surface area contributed by atoms with Crippen molar-refractivity contribution >= 4 is 17.5 Å². The molecule has 5 heteroatoms. The molecule has 0 fully saturated rings. The summed E-state index contributed by atoms with van der Waals surface area (Å²) in [5.41, 5.74) is 4.04. The molecular weight excluding hydrogens is 346 g/mol. The molecule has 0 aliphatic carbocycles. The monoisotopic (exact) mass is 375 g/mol. The van der Waals surface area contributed by atoms with E-state index in [0.717, 1.165) is 29.3 Å². The lowest BCUT2D eigenvalue weighted by Gasteiger charge is -2.19. The second-order valence-corrected chi connectivity index (χ2v) is 8.08. The van der Waals surface area contributed by atoms with Gasteiger partial charge in [0.15, 0.2) is 0 Å². The van der Waals surface area contributed by atoms with Crippen molar-refractivity contribution in [3.63, 3.8) is 0 Å². The van der Waals surface area contributed by atoms with Gasteiger partial charge in [-0.2, -0.15) is 4.98 Å². The van der Waals surface area contributed by atoms with Crippen LogP contribution in [0.4, 0.5) is 17.5 Å². The minimum absolute atomic E-state index is 0.132. The van der Waals surface area contributed by atoms with E-state index >= 15 is 0 Å². The third-order valence-corrected chi connectivity index (χ3v) is 4.66. The molecule has 0 radical (unpaired) electrons. The van der Waals surface area contributed by atoms with E-state index in [1.54, 1.807) is 6.20 Å². The Labute approximate surface area is 167 Å². The molecule has 2 aromatic heterocycles. The molecule has 1 aromatic carbocycles. The van der Waals surface area contributed by atoms with Gasteiger partial charge in [0.05, 0.1) is 11.4 Å². The van der Waals surface area contributed by atoms with Gasteiger partial charge in [0.2, 0.25) is 5.95 Å². The summed E-state index contributed by atoms with van der Waals surface area (Å²) in [5, 5.41) is 6.77. The molecule has 0 unspecified atom stereocenters. The molecule has 0 spiro atoms. The minimum Gasteiger partial charge on any atom is -0.352 e. The van der Waals surface area contributed by atoms with Crippen molar-refractivity contribution in [3.05, 3.63) is 60.3 Å². The molecule has 0 amide bonds. The number of rotatable bonds is 6. The smallest absolute Gasteiger partial charge is 0.225 e. The lowest BCUT2D eigenvalue weighted by molar-refractivity contribution is 0.590. The number of hydrogen-bond donors (Lipinski definition) is 2. The van der Waals surface area contributed by atoms with Crippen LogP contribution in [0.25, 0.3) is 11.4 Å². The molecule has 3 aromatic rings. The van der Waals surface area contributed by atoms with Gasteiger partial charge in [-0.05, 0) is 48.6 Å². The maximum absolute atomic E-state index is 4.65. The molecule has 0 bridgehead atoms. The number of hydrogen-bond acceptors (Lipinski definition) is 5. The van der Waals surface area contributed by atoms with Gasteiger partial charge in [0.1, 0.15) is 5.82 Å². The van der Waals surface area contributed by atoms with Gasteiger partial charge in [0, 0.05) is 24.0 Å². The number of nitrogens with one attached hydrogen (secondary N) is 2. The van der Waals surface area contributed by atoms with Crippen molar-refractivity contribution in [2.75, 3.05) is 10.6 Å². The van der Waals surface area contributed by atoms with E-state index in [2.05, 4.69) is 84.5 Å².